The SMILES string of the molecule is COC(=O)c1sc(SC)cc1O. The maximum Gasteiger partial charge on any atom is 0.351 e. The maximum atomic E-state index is 11.0. The topological polar surface area (TPSA) is 46.5 Å². The van der Waals surface area contributed by atoms with Crippen molar-refractivity contribution in [1.82, 2.24) is 0 Å². The van der Waals surface area contributed by atoms with Crippen molar-refractivity contribution in [3.8, 4) is 5.75 Å². The number of aromatic hydroxyl groups is 1. The lowest BCUT2D eigenvalue weighted by Gasteiger charge is -1.93. The molecule has 3 nitrogen and oxygen atoms in total. The first-order valence-electron chi connectivity index (χ1n) is 3.14. The molecule has 0 spiro atoms. The molecule has 0 radical (unpaired) electrons. The van der Waals surface area contributed by atoms with Crippen molar-refractivity contribution in [2.45, 2.75) is 4.21 Å². The van der Waals surface area contributed by atoms with E-state index in [1.807, 2.05) is 6.26 Å². The Morgan fingerprint density at radius 3 is 2.83 bits per heavy atom. The Balaban J connectivity index is 2.99. The standard InChI is InChI=1S/C7H8O3S2/c1-10-7(9)6-4(8)3-5(11-2)12-6/h3,8H,1-2H3. The van der Waals surface area contributed by atoms with E-state index in [2.05, 4.69) is 4.74 Å². The van der Waals surface area contributed by atoms with Gasteiger partial charge in [0.1, 0.15) is 5.75 Å². The number of esters is 1. The summed E-state index contributed by atoms with van der Waals surface area (Å²) in [5.74, 6) is -0.492. The summed E-state index contributed by atoms with van der Waals surface area (Å²) in [6.45, 7) is 0. The first kappa shape index (κ1) is 9.41. The van der Waals surface area contributed by atoms with Gasteiger partial charge in [-0.25, -0.2) is 4.79 Å². The van der Waals surface area contributed by atoms with E-state index < -0.39 is 5.97 Å². The Hall–Kier alpha value is -0.680. The average molecular weight is 204 g/mol. The van der Waals surface area contributed by atoms with E-state index in [9.17, 15) is 9.90 Å². The number of ether oxygens (including phenoxy) is 1. The minimum absolute atomic E-state index is 0.00352. The predicted octanol–water partition coefficient (Wildman–Crippen LogP) is 1.96. The normalized spacial score (nSPS) is 9.83. The lowest BCUT2D eigenvalue weighted by atomic mass is 10.4. The molecule has 0 atom stereocenters. The van der Waals surface area contributed by atoms with Crippen LogP contribution < -0.4 is 0 Å². The molecule has 0 fully saturated rings. The number of thiophene rings is 1. The van der Waals surface area contributed by atoms with Gasteiger partial charge < -0.3 is 9.84 Å². The van der Waals surface area contributed by atoms with Crippen molar-refractivity contribution in [3.63, 3.8) is 0 Å². The van der Waals surface area contributed by atoms with Crippen LogP contribution in [0.1, 0.15) is 9.67 Å². The number of methoxy groups -OCH3 is 1. The van der Waals surface area contributed by atoms with Gasteiger partial charge in [0.05, 0.1) is 11.3 Å². The zero-order valence-corrected chi connectivity index (χ0v) is 8.29. The highest BCUT2D eigenvalue weighted by molar-refractivity contribution is 8.00. The van der Waals surface area contributed by atoms with Crippen molar-refractivity contribution in [2.24, 2.45) is 0 Å². The van der Waals surface area contributed by atoms with Gasteiger partial charge in [-0.15, -0.1) is 23.1 Å². The summed E-state index contributed by atoms with van der Waals surface area (Å²) in [6, 6.07) is 1.56. The zero-order valence-electron chi connectivity index (χ0n) is 6.66. The molecule has 0 aliphatic heterocycles. The molecular weight excluding hydrogens is 196 g/mol. The molecule has 0 aliphatic carbocycles. The Morgan fingerprint density at radius 2 is 2.42 bits per heavy atom. The molecule has 1 aromatic heterocycles. The summed E-state index contributed by atoms with van der Waals surface area (Å²) >= 11 is 2.71. The number of hydrogen-bond acceptors (Lipinski definition) is 5. The molecule has 1 aromatic rings. The van der Waals surface area contributed by atoms with Crippen LogP contribution in [0.3, 0.4) is 0 Å². The van der Waals surface area contributed by atoms with Crippen LogP contribution in [-0.2, 0) is 4.74 Å². The van der Waals surface area contributed by atoms with Crippen LogP contribution in [0.4, 0.5) is 0 Å². The molecule has 0 aliphatic rings. The zero-order chi connectivity index (χ0) is 9.14. The molecule has 0 saturated heterocycles. The van der Waals surface area contributed by atoms with Gasteiger partial charge in [-0.2, -0.15) is 0 Å². The maximum absolute atomic E-state index is 11.0. The van der Waals surface area contributed by atoms with Gasteiger partial charge in [-0.05, 0) is 6.26 Å². The molecule has 1 rings (SSSR count). The minimum Gasteiger partial charge on any atom is -0.506 e. The van der Waals surface area contributed by atoms with E-state index in [1.54, 1.807) is 6.07 Å². The molecule has 0 aromatic carbocycles. The largest absolute Gasteiger partial charge is 0.506 e. The van der Waals surface area contributed by atoms with Crippen molar-refractivity contribution in [2.75, 3.05) is 13.4 Å². The second-order valence-corrected chi connectivity index (χ2v) is 4.13. The Labute approximate surface area is 78.4 Å². The lowest BCUT2D eigenvalue weighted by Crippen LogP contribution is -1.97. The van der Waals surface area contributed by atoms with Gasteiger partial charge in [0.15, 0.2) is 4.88 Å². The van der Waals surface area contributed by atoms with Crippen molar-refractivity contribution < 1.29 is 14.6 Å². The number of hydrogen-bond donors (Lipinski definition) is 1. The van der Waals surface area contributed by atoms with Crippen LogP contribution in [0.5, 0.6) is 5.75 Å². The molecular formula is C7H8O3S2. The van der Waals surface area contributed by atoms with Gasteiger partial charge in [-0.1, -0.05) is 0 Å². The first-order chi connectivity index (χ1) is 5.69. The molecule has 1 heterocycles. The van der Waals surface area contributed by atoms with E-state index in [-0.39, 0.29) is 10.6 Å². The highest BCUT2D eigenvalue weighted by Gasteiger charge is 2.15. The second-order valence-electron chi connectivity index (χ2n) is 1.98. The predicted molar refractivity (Wildman–Crippen MR) is 49.1 cm³/mol. The van der Waals surface area contributed by atoms with Crippen LogP contribution in [0.15, 0.2) is 10.3 Å². The van der Waals surface area contributed by atoms with E-state index in [0.29, 0.717) is 0 Å². The first-order valence-corrected chi connectivity index (χ1v) is 5.18. The highest BCUT2D eigenvalue weighted by atomic mass is 32.2. The number of rotatable bonds is 2. The van der Waals surface area contributed by atoms with Gasteiger partial charge in [0.2, 0.25) is 0 Å². The third-order valence-electron chi connectivity index (χ3n) is 1.26. The van der Waals surface area contributed by atoms with E-state index in [1.165, 1.54) is 30.2 Å². The van der Waals surface area contributed by atoms with Crippen molar-refractivity contribution in [1.29, 1.82) is 0 Å². The fourth-order valence-corrected chi connectivity index (χ4v) is 2.21. The molecule has 0 bridgehead atoms. The average Bonchev–Trinajstić information content (AvgIpc) is 2.45. The summed E-state index contributed by atoms with van der Waals surface area (Å²) in [5, 5.41) is 9.26. The van der Waals surface area contributed by atoms with Crippen LogP contribution in [-0.4, -0.2) is 24.4 Å². The van der Waals surface area contributed by atoms with Gasteiger partial charge in [-0.3, -0.25) is 0 Å². The van der Waals surface area contributed by atoms with Gasteiger partial charge in [0.25, 0.3) is 0 Å². The van der Waals surface area contributed by atoms with E-state index >= 15 is 0 Å². The summed E-state index contributed by atoms with van der Waals surface area (Å²) in [7, 11) is 1.29. The fourth-order valence-electron chi connectivity index (χ4n) is 0.699. The van der Waals surface area contributed by atoms with E-state index in [4.69, 9.17) is 0 Å². The number of carbonyl (C=O) groups excluding carboxylic acids is 1. The Bertz CT molecular complexity index is 293. The van der Waals surface area contributed by atoms with Crippen LogP contribution in [0, 0.1) is 0 Å². The number of thioether (sulfide) groups is 1. The molecule has 66 valence electrons. The van der Waals surface area contributed by atoms with Gasteiger partial charge in [0, 0.05) is 6.07 Å². The third kappa shape index (κ3) is 1.73. The quantitative estimate of drug-likeness (QED) is 0.591. The smallest absolute Gasteiger partial charge is 0.351 e. The Kier molecular flexibility index (Phi) is 2.99. The van der Waals surface area contributed by atoms with Crippen molar-refractivity contribution in [3.05, 3.63) is 10.9 Å². The molecule has 0 saturated carbocycles. The van der Waals surface area contributed by atoms with E-state index in [0.717, 1.165) is 4.21 Å². The minimum atomic E-state index is -0.488. The van der Waals surface area contributed by atoms with Crippen LogP contribution >= 0.6 is 23.1 Å². The van der Waals surface area contributed by atoms with Crippen LogP contribution in [0.2, 0.25) is 0 Å². The highest BCUT2D eigenvalue weighted by Crippen LogP contribution is 2.34. The summed E-state index contributed by atoms with van der Waals surface area (Å²) in [4.78, 5) is 11.2. The third-order valence-corrected chi connectivity index (χ3v) is 3.43. The summed E-state index contributed by atoms with van der Waals surface area (Å²) in [6.07, 6.45) is 1.88. The second kappa shape index (κ2) is 3.82. The number of carbonyl (C=O) groups is 1. The van der Waals surface area contributed by atoms with Gasteiger partial charge >= 0.3 is 5.97 Å². The molecule has 1 N–H and O–H groups in total. The van der Waals surface area contributed by atoms with Crippen molar-refractivity contribution >= 4 is 29.1 Å². The Morgan fingerprint density at radius 1 is 1.75 bits per heavy atom. The molecule has 0 amide bonds. The molecule has 12 heavy (non-hydrogen) atoms. The molecule has 5 heteroatoms. The molecule has 0 unspecified atom stereocenters. The summed E-state index contributed by atoms with van der Waals surface area (Å²) in [5.41, 5.74) is 0. The lowest BCUT2D eigenvalue weighted by molar-refractivity contribution is 0.0603. The van der Waals surface area contributed by atoms with Crippen LogP contribution in [0.25, 0.3) is 0 Å². The fraction of sp³-hybridized carbons (Fsp3) is 0.286. The monoisotopic (exact) mass is 204 g/mol. The summed E-state index contributed by atoms with van der Waals surface area (Å²) < 4.78 is 5.37.